The molecule has 0 aromatic carbocycles. The Bertz CT molecular complexity index is 354. The van der Waals surface area contributed by atoms with Gasteiger partial charge in [0, 0.05) is 6.42 Å². The van der Waals surface area contributed by atoms with Gasteiger partial charge in [-0.2, -0.15) is 0 Å². The van der Waals surface area contributed by atoms with Gasteiger partial charge in [-0.3, -0.25) is 0 Å². The lowest BCUT2D eigenvalue weighted by atomic mass is 10.1. The van der Waals surface area contributed by atoms with E-state index >= 15 is 0 Å². The molecule has 0 saturated carbocycles. The fraction of sp³-hybridized carbons (Fsp3) is 0.842. The molecule has 21 heavy (non-hydrogen) atoms. The molecule has 2 nitrogen and oxygen atoms in total. The third-order valence-electron chi connectivity index (χ3n) is 4.47. The van der Waals surface area contributed by atoms with Gasteiger partial charge in [-0.05, 0) is 19.3 Å². The molecule has 0 saturated heterocycles. The van der Waals surface area contributed by atoms with E-state index in [9.17, 15) is 0 Å². The Labute approximate surface area is 132 Å². The Kier molecular flexibility index (Phi) is 10.3. The highest BCUT2D eigenvalue weighted by Gasteiger charge is 2.13. The van der Waals surface area contributed by atoms with Crippen LogP contribution in [0.25, 0.3) is 0 Å². The molecule has 0 radical (unpaired) electrons. The van der Waals surface area contributed by atoms with E-state index in [1.807, 2.05) is 0 Å². The van der Waals surface area contributed by atoms with Crippen LogP contribution in [0.4, 0.5) is 0 Å². The van der Waals surface area contributed by atoms with Crippen LogP contribution in [0.1, 0.15) is 90.3 Å². The minimum absolute atomic E-state index is 1.20. The number of aryl methyl sites for hydroxylation is 2. The molecule has 0 fully saturated rings. The Morgan fingerprint density at radius 3 is 2.05 bits per heavy atom. The van der Waals surface area contributed by atoms with E-state index in [0.717, 1.165) is 0 Å². The first-order valence-corrected chi connectivity index (χ1v) is 9.33. The molecule has 122 valence electrons. The number of imidazole rings is 1. The second kappa shape index (κ2) is 11.8. The minimum Gasteiger partial charge on any atom is -0.237 e. The van der Waals surface area contributed by atoms with Gasteiger partial charge in [0.2, 0.25) is 0 Å². The van der Waals surface area contributed by atoms with Crippen LogP contribution in [0.2, 0.25) is 0 Å². The van der Waals surface area contributed by atoms with E-state index in [2.05, 4.69) is 42.4 Å². The molecule has 1 rings (SSSR count). The molecular weight excluding hydrogens is 256 g/mol. The lowest BCUT2D eigenvalue weighted by Gasteiger charge is -2.04. The Morgan fingerprint density at radius 2 is 1.38 bits per heavy atom. The fourth-order valence-electron chi connectivity index (χ4n) is 3.03. The molecule has 0 atom stereocenters. The molecule has 0 aliphatic rings. The van der Waals surface area contributed by atoms with E-state index in [-0.39, 0.29) is 0 Å². The summed E-state index contributed by atoms with van der Waals surface area (Å²) in [6.07, 6.45) is 20.9. The summed E-state index contributed by atoms with van der Waals surface area (Å²) in [5, 5.41) is 0. The molecule has 0 unspecified atom stereocenters. The smallest absolute Gasteiger partial charge is 0.237 e. The van der Waals surface area contributed by atoms with Gasteiger partial charge in [0.1, 0.15) is 12.4 Å². The van der Waals surface area contributed by atoms with Crippen LogP contribution in [0.5, 0.6) is 0 Å². The third kappa shape index (κ3) is 7.68. The largest absolute Gasteiger partial charge is 0.256 e. The average molecular weight is 294 g/mol. The predicted molar refractivity (Wildman–Crippen MR) is 91.4 cm³/mol. The summed E-state index contributed by atoms with van der Waals surface area (Å²) < 4.78 is 4.80. The number of hydrogen-bond acceptors (Lipinski definition) is 0. The fourth-order valence-corrected chi connectivity index (χ4v) is 3.03. The van der Waals surface area contributed by atoms with Gasteiger partial charge in [0.25, 0.3) is 5.82 Å². The van der Waals surface area contributed by atoms with Gasteiger partial charge in [-0.15, -0.1) is 0 Å². The molecule has 0 N–H and O–H groups in total. The normalized spacial score (nSPS) is 11.2. The zero-order valence-electron chi connectivity index (χ0n) is 14.7. The summed E-state index contributed by atoms with van der Waals surface area (Å²) in [4.78, 5) is 0. The summed E-state index contributed by atoms with van der Waals surface area (Å²) in [6, 6.07) is 0. The van der Waals surface area contributed by atoms with Crippen molar-refractivity contribution in [2.45, 2.75) is 97.4 Å². The molecule has 0 amide bonds. The highest BCUT2D eigenvalue weighted by Crippen LogP contribution is 2.10. The van der Waals surface area contributed by atoms with E-state index in [0.29, 0.717) is 0 Å². The second-order valence-electron chi connectivity index (χ2n) is 6.45. The van der Waals surface area contributed by atoms with E-state index in [4.69, 9.17) is 0 Å². The van der Waals surface area contributed by atoms with Gasteiger partial charge in [0.05, 0.1) is 13.6 Å². The van der Waals surface area contributed by atoms with Gasteiger partial charge in [0.15, 0.2) is 0 Å². The molecule has 0 aliphatic carbocycles. The lowest BCUT2D eigenvalue weighted by molar-refractivity contribution is -0.678. The molecule has 1 heterocycles. The Balaban J connectivity index is 2.22. The lowest BCUT2D eigenvalue weighted by Crippen LogP contribution is -2.32. The number of rotatable bonds is 13. The third-order valence-corrected chi connectivity index (χ3v) is 4.47. The zero-order chi connectivity index (χ0) is 15.3. The van der Waals surface area contributed by atoms with Crippen LogP contribution in [0, 0.1) is 0 Å². The maximum absolute atomic E-state index is 2.48. The van der Waals surface area contributed by atoms with E-state index < -0.39 is 0 Å². The Hall–Kier alpha value is -0.790. The number of hydrogen-bond donors (Lipinski definition) is 0. The standard InChI is InChI=1S/C19H37N2/c1-4-6-8-10-11-12-13-15-19-20(3)17-18-21(19)16-14-9-7-5-2/h17-18H,4-16H2,1-3H3/q+1. The maximum Gasteiger partial charge on any atom is 0.256 e. The van der Waals surface area contributed by atoms with Crippen LogP contribution in [0.15, 0.2) is 12.4 Å². The summed E-state index contributed by atoms with van der Waals surface area (Å²) in [6.45, 7) is 5.77. The SMILES string of the molecule is CCCCCCCCCc1n(CCCCCC)cc[n+]1C. The van der Waals surface area contributed by atoms with Crippen LogP contribution >= 0.6 is 0 Å². The molecule has 1 aromatic heterocycles. The van der Waals surface area contributed by atoms with Crippen LogP contribution in [-0.2, 0) is 20.0 Å². The van der Waals surface area contributed by atoms with Crippen molar-refractivity contribution in [2.24, 2.45) is 7.05 Å². The topological polar surface area (TPSA) is 8.81 Å². The van der Waals surface area contributed by atoms with Crippen LogP contribution in [-0.4, -0.2) is 4.57 Å². The molecule has 0 bridgehead atoms. The highest BCUT2D eigenvalue weighted by atomic mass is 15.1. The summed E-state index contributed by atoms with van der Waals surface area (Å²) in [7, 11) is 2.19. The van der Waals surface area contributed by atoms with Gasteiger partial charge >= 0.3 is 0 Å². The van der Waals surface area contributed by atoms with Crippen molar-refractivity contribution in [2.75, 3.05) is 0 Å². The van der Waals surface area contributed by atoms with E-state index in [1.165, 1.54) is 89.4 Å². The van der Waals surface area contributed by atoms with Gasteiger partial charge in [-0.1, -0.05) is 65.2 Å². The van der Waals surface area contributed by atoms with Crippen molar-refractivity contribution in [3.05, 3.63) is 18.2 Å². The van der Waals surface area contributed by atoms with Gasteiger partial charge in [-0.25, -0.2) is 9.13 Å². The molecule has 2 heteroatoms. The van der Waals surface area contributed by atoms with Crippen molar-refractivity contribution in [3.8, 4) is 0 Å². The van der Waals surface area contributed by atoms with Crippen molar-refractivity contribution in [1.29, 1.82) is 0 Å². The van der Waals surface area contributed by atoms with E-state index in [1.54, 1.807) is 0 Å². The van der Waals surface area contributed by atoms with Crippen molar-refractivity contribution >= 4 is 0 Å². The molecule has 0 spiro atoms. The van der Waals surface area contributed by atoms with Crippen LogP contribution in [0.3, 0.4) is 0 Å². The quantitative estimate of drug-likeness (QED) is 0.350. The summed E-state index contributed by atoms with van der Waals surface area (Å²) in [5.41, 5.74) is 0. The van der Waals surface area contributed by atoms with Crippen molar-refractivity contribution < 1.29 is 4.57 Å². The molecule has 1 aromatic rings. The van der Waals surface area contributed by atoms with Gasteiger partial charge < -0.3 is 0 Å². The minimum atomic E-state index is 1.20. The highest BCUT2D eigenvalue weighted by molar-refractivity contribution is 4.84. The summed E-state index contributed by atoms with van der Waals surface area (Å²) >= 11 is 0. The monoisotopic (exact) mass is 293 g/mol. The first kappa shape index (κ1) is 18.3. The molecular formula is C19H37N2+. The number of unbranched alkanes of at least 4 members (excludes halogenated alkanes) is 9. The first-order chi connectivity index (χ1) is 10.3. The Morgan fingerprint density at radius 1 is 0.810 bits per heavy atom. The molecule has 0 aliphatic heterocycles. The second-order valence-corrected chi connectivity index (χ2v) is 6.45. The zero-order valence-corrected chi connectivity index (χ0v) is 14.7. The number of nitrogens with zero attached hydrogens (tertiary/aromatic N) is 2. The van der Waals surface area contributed by atoms with Crippen LogP contribution < -0.4 is 4.57 Å². The summed E-state index contributed by atoms with van der Waals surface area (Å²) in [5.74, 6) is 1.51. The number of aromatic nitrogens is 2. The van der Waals surface area contributed by atoms with Crippen molar-refractivity contribution in [3.63, 3.8) is 0 Å². The van der Waals surface area contributed by atoms with Crippen molar-refractivity contribution in [1.82, 2.24) is 4.57 Å². The average Bonchev–Trinajstić information content (AvgIpc) is 2.83. The maximum atomic E-state index is 2.48. The first-order valence-electron chi connectivity index (χ1n) is 9.33. The predicted octanol–water partition coefficient (Wildman–Crippen LogP) is 5.19.